The van der Waals surface area contributed by atoms with E-state index >= 15 is 0 Å². The Balaban J connectivity index is 1.71. The second kappa shape index (κ2) is 6.33. The van der Waals surface area contributed by atoms with Crippen molar-refractivity contribution in [3.8, 4) is 6.07 Å². The van der Waals surface area contributed by atoms with Crippen LogP contribution in [-0.2, 0) is 9.53 Å². The van der Waals surface area contributed by atoms with E-state index in [0.29, 0.717) is 5.01 Å². The highest BCUT2D eigenvalue weighted by Gasteiger charge is 2.25. The van der Waals surface area contributed by atoms with Crippen LogP contribution in [0.15, 0.2) is 24.3 Å². The molecule has 21 heavy (non-hydrogen) atoms. The van der Waals surface area contributed by atoms with Crippen molar-refractivity contribution >= 4 is 27.3 Å². The molecule has 1 aliphatic rings. The molecule has 1 fully saturated rings. The fourth-order valence-corrected chi connectivity index (χ4v) is 3.65. The first kappa shape index (κ1) is 14.2. The maximum atomic E-state index is 12.2. The normalized spacial score (nSPS) is 16.9. The molecule has 0 bridgehead atoms. The van der Waals surface area contributed by atoms with Crippen molar-refractivity contribution < 1.29 is 9.53 Å². The predicted molar refractivity (Wildman–Crippen MR) is 81.2 cm³/mol. The number of benzene rings is 1. The summed E-state index contributed by atoms with van der Waals surface area (Å²) in [6, 6.07) is 9.74. The number of Topliss-reactive ketones (excluding diaryl/α,β-unsaturated/α-hetero) is 1. The molecule has 0 N–H and O–H groups in total. The first-order chi connectivity index (χ1) is 10.3. The van der Waals surface area contributed by atoms with Gasteiger partial charge in [0.1, 0.15) is 11.6 Å². The van der Waals surface area contributed by atoms with Gasteiger partial charge in [0.05, 0.1) is 22.4 Å². The van der Waals surface area contributed by atoms with E-state index in [9.17, 15) is 10.1 Å². The predicted octanol–water partition coefficient (Wildman–Crippen LogP) is 3.43. The molecule has 0 spiro atoms. The van der Waals surface area contributed by atoms with Crippen LogP contribution >= 0.6 is 11.3 Å². The van der Waals surface area contributed by atoms with Crippen molar-refractivity contribution in [3.05, 3.63) is 29.3 Å². The summed E-state index contributed by atoms with van der Waals surface area (Å²) in [5.41, 5.74) is 0.835. The van der Waals surface area contributed by atoms with Gasteiger partial charge in [-0.15, -0.1) is 11.3 Å². The van der Waals surface area contributed by atoms with Gasteiger partial charge in [0.15, 0.2) is 11.7 Å². The molecule has 0 radical (unpaired) electrons. The third kappa shape index (κ3) is 3.12. The summed E-state index contributed by atoms with van der Waals surface area (Å²) in [6.07, 6.45) is 4.55. The van der Waals surface area contributed by atoms with Gasteiger partial charge in [-0.1, -0.05) is 25.0 Å². The van der Waals surface area contributed by atoms with E-state index in [1.165, 1.54) is 24.2 Å². The van der Waals surface area contributed by atoms with Crippen molar-refractivity contribution in [3.63, 3.8) is 0 Å². The van der Waals surface area contributed by atoms with Gasteiger partial charge in [-0.3, -0.25) is 4.79 Å². The number of para-hydroxylation sites is 1. The van der Waals surface area contributed by atoms with Gasteiger partial charge in [-0.25, -0.2) is 4.98 Å². The molecule has 3 rings (SSSR count). The molecule has 0 saturated heterocycles. The number of hydrogen-bond acceptors (Lipinski definition) is 5. The second-order valence-electron chi connectivity index (χ2n) is 5.27. The summed E-state index contributed by atoms with van der Waals surface area (Å²) < 4.78 is 6.62. The SMILES string of the molecule is N#C[C@H](C(=O)COC1CCCC1)c1nc2ccccc2s1. The van der Waals surface area contributed by atoms with Crippen LogP contribution in [-0.4, -0.2) is 23.5 Å². The highest BCUT2D eigenvalue weighted by Crippen LogP contribution is 2.28. The van der Waals surface area contributed by atoms with Crippen LogP contribution in [0.4, 0.5) is 0 Å². The van der Waals surface area contributed by atoms with Crippen LogP contribution in [0.2, 0.25) is 0 Å². The zero-order valence-electron chi connectivity index (χ0n) is 11.6. The molecule has 1 heterocycles. The number of nitriles is 1. The van der Waals surface area contributed by atoms with Crippen LogP contribution in [0.3, 0.4) is 0 Å². The molecular formula is C16H16N2O2S. The molecule has 1 saturated carbocycles. The highest BCUT2D eigenvalue weighted by molar-refractivity contribution is 7.18. The van der Waals surface area contributed by atoms with Crippen molar-refractivity contribution in [1.29, 1.82) is 5.26 Å². The Hall–Kier alpha value is -1.77. The molecule has 1 aromatic heterocycles. The van der Waals surface area contributed by atoms with Crippen LogP contribution in [0, 0.1) is 11.3 Å². The van der Waals surface area contributed by atoms with Gasteiger partial charge in [0.25, 0.3) is 0 Å². The summed E-state index contributed by atoms with van der Waals surface area (Å²) in [5.74, 6) is -1.01. The second-order valence-corrected chi connectivity index (χ2v) is 6.33. The molecule has 0 aliphatic heterocycles. The minimum atomic E-state index is -0.816. The number of carbonyl (C=O) groups is 1. The average Bonchev–Trinajstić information content (AvgIpc) is 3.15. The first-order valence-electron chi connectivity index (χ1n) is 7.17. The molecule has 1 aliphatic carbocycles. The minimum absolute atomic E-state index is 0.0127. The topological polar surface area (TPSA) is 63.0 Å². The monoisotopic (exact) mass is 300 g/mol. The molecule has 108 valence electrons. The quantitative estimate of drug-likeness (QED) is 0.848. The molecule has 4 nitrogen and oxygen atoms in total. The average molecular weight is 300 g/mol. The number of rotatable bonds is 5. The number of ether oxygens (including phenoxy) is 1. The summed E-state index contributed by atoms with van der Waals surface area (Å²) in [5, 5.41) is 9.88. The highest BCUT2D eigenvalue weighted by atomic mass is 32.1. The summed E-state index contributed by atoms with van der Waals surface area (Å²) >= 11 is 1.41. The van der Waals surface area contributed by atoms with Crippen LogP contribution in [0.1, 0.15) is 36.6 Å². The lowest BCUT2D eigenvalue weighted by Gasteiger charge is -2.11. The van der Waals surface area contributed by atoms with Crippen LogP contribution < -0.4 is 0 Å². The maximum Gasteiger partial charge on any atom is 0.182 e. The van der Waals surface area contributed by atoms with E-state index in [4.69, 9.17) is 4.74 Å². The van der Waals surface area contributed by atoms with Crippen molar-refractivity contribution in [2.45, 2.75) is 37.7 Å². The fraction of sp³-hybridized carbons (Fsp3) is 0.438. The fourth-order valence-electron chi connectivity index (χ4n) is 2.62. The van der Waals surface area contributed by atoms with Gasteiger partial charge >= 0.3 is 0 Å². The lowest BCUT2D eigenvalue weighted by Crippen LogP contribution is -2.20. The van der Waals surface area contributed by atoms with Crippen molar-refractivity contribution in [2.24, 2.45) is 0 Å². The number of thiazole rings is 1. The Labute approximate surface area is 127 Å². The Morgan fingerprint density at radius 3 is 2.90 bits per heavy atom. The molecule has 5 heteroatoms. The smallest absolute Gasteiger partial charge is 0.182 e. The van der Waals surface area contributed by atoms with Crippen LogP contribution in [0.5, 0.6) is 0 Å². The first-order valence-corrected chi connectivity index (χ1v) is 7.99. The van der Waals surface area contributed by atoms with Crippen LogP contribution in [0.25, 0.3) is 10.2 Å². The Kier molecular flexibility index (Phi) is 4.28. The summed E-state index contributed by atoms with van der Waals surface area (Å²) in [6.45, 7) is 0.0127. The number of carbonyl (C=O) groups excluding carboxylic acids is 1. The van der Waals surface area contributed by atoms with E-state index in [-0.39, 0.29) is 18.5 Å². The number of nitrogens with zero attached hydrogens (tertiary/aromatic N) is 2. The number of fused-ring (bicyclic) bond motifs is 1. The third-order valence-electron chi connectivity index (χ3n) is 3.77. The van der Waals surface area contributed by atoms with Crippen molar-refractivity contribution in [2.75, 3.05) is 6.61 Å². The lowest BCUT2D eigenvalue weighted by molar-refractivity contribution is -0.125. The number of aromatic nitrogens is 1. The van der Waals surface area contributed by atoms with Crippen molar-refractivity contribution in [1.82, 2.24) is 4.98 Å². The molecule has 2 aromatic rings. The molecule has 1 aromatic carbocycles. The van der Waals surface area contributed by atoms with E-state index in [1.807, 2.05) is 24.3 Å². The van der Waals surface area contributed by atoms with E-state index in [0.717, 1.165) is 23.1 Å². The molecule has 0 unspecified atom stereocenters. The minimum Gasteiger partial charge on any atom is -0.370 e. The van der Waals surface area contributed by atoms with E-state index in [2.05, 4.69) is 11.1 Å². The van der Waals surface area contributed by atoms with E-state index in [1.54, 1.807) is 0 Å². The Bertz CT molecular complexity index is 650. The summed E-state index contributed by atoms with van der Waals surface area (Å²) in [7, 11) is 0. The molecule has 1 atom stereocenters. The Morgan fingerprint density at radius 2 is 2.19 bits per heavy atom. The number of hydrogen-bond donors (Lipinski definition) is 0. The van der Waals surface area contributed by atoms with Gasteiger partial charge in [0.2, 0.25) is 0 Å². The van der Waals surface area contributed by atoms with Gasteiger partial charge in [-0.05, 0) is 25.0 Å². The van der Waals surface area contributed by atoms with Gasteiger partial charge in [0, 0.05) is 0 Å². The third-order valence-corrected chi connectivity index (χ3v) is 4.87. The summed E-state index contributed by atoms with van der Waals surface area (Å²) in [4.78, 5) is 16.6. The maximum absolute atomic E-state index is 12.2. The van der Waals surface area contributed by atoms with E-state index < -0.39 is 5.92 Å². The standard InChI is InChI=1S/C16H16N2O2S/c17-9-12(14(19)10-20-11-5-1-2-6-11)16-18-13-7-3-4-8-15(13)21-16/h3-4,7-8,11-12H,1-2,5-6,10H2/t12-/m1/s1. The molecular weight excluding hydrogens is 284 g/mol. The Morgan fingerprint density at radius 1 is 1.43 bits per heavy atom. The van der Waals surface area contributed by atoms with Gasteiger partial charge < -0.3 is 4.74 Å². The zero-order chi connectivity index (χ0) is 14.7. The largest absolute Gasteiger partial charge is 0.370 e. The lowest BCUT2D eigenvalue weighted by atomic mass is 10.1. The zero-order valence-corrected chi connectivity index (χ0v) is 12.4. The molecule has 0 amide bonds. The van der Waals surface area contributed by atoms with Gasteiger partial charge in [-0.2, -0.15) is 5.26 Å². The number of ketones is 1.